The molecule has 0 atom stereocenters. The lowest BCUT2D eigenvalue weighted by Crippen LogP contribution is -2.35. The van der Waals surface area contributed by atoms with Crippen molar-refractivity contribution < 1.29 is 9.59 Å². The molecule has 0 spiro atoms. The molecule has 0 aliphatic carbocycles. The van der Waals surface area contributed by atoms with Gasteiger partial charge in [-0.2, -0.15) is 0 Å². The van der Waals surface area contributed by atoms with Gasteiger partial charge in [0.2, 0.25) is 11.8 Å². The molecular weight excluding hydrogens is 332 g/mol. The van der Waals surface area contributed by atoms with Crippen molar-refractivity contribution in [3.05, 3.63) is 70.3 Å². The maximum Gasteiger partial charge on any atom is 0.261 e. The number of likely N-dealkylation sites (N-methyl/N-ethyl adjacent to an activating group) is 1. The number of hydrogen-bond donors (Lipinski definition) is 1. The Kier molecular flexibility index (Phi) is 4.53. The van der Waals surface area contributed by atoms with Gasteiger partial charge in [0.05, 0.1) is 10.9 Å². The van der Waals surface area contributed by atoms with E-state index in [1.54, 1.807) is 56.4 Å². The van der Waals surface area contributed by atoms with Crippen molar-refractivity contribution in [1.82, 2.24) is 9.55 Å². The molecule has 0 unspecified atom stereocenters. The number of fused-ring (bicyclic) bond motifs is 1. The van der Waals surface area contributed by atoms with Crippen molar-refractivity contribution in [1.29, 1.82) is 0 Å². The zero-order valence-corrected chi connectivity index (χ0v) is 14.5. The highest BCUT2D eigenvalue weighted by molar-refractivity contribution is 5.95. The lowest BCUT2D eigenvalue weighted by Gasteiger charge is -2.19. The van der Waals surface area contributed by atoms with Crippen molar-refractivity contribution in [3.8, 4) is 0 Å². The SMILES string of the molecule is Cc1nc2ccccc2c(=O)n1CC(=O)N(C)c1ccc(C(N)=O)cc1. The molecule has 3 rings (SSSR count). The van der Waals surface area contributed by atoms with Gasteiger partial charge in [-0.25, -0.2) is 4.98 Å². The predicted octanol–water partition coefficient (Wildman–Crippen LogP) is 1.47. The molecule has 2 amide bonds. The van der Waals surface area contributed by atoms with Gasteiger partial charge in [0, 0.05) is 18.3 Å². The molecular formula is C19H18N4O3. The maximum atomic E-state index is 12.7. The summed E-state index contributed by atoms with van der Waals surface area (Å²) in [5.41, 5.74) is 6.53. The monoisotopic (exact) mass is 350 g/mol. The third kappa shape index (κ3) is 3.19. The number of carbonyl (C=O) groups excluding carboxylic acids is 2. The first-order chi connectivity index (χ1) is 12.4. The molecule has 2 N–H and O–H groups in total. The van der Waals surface area contributed by atoms with Crippen molar-refractivity contribution in [3.63, 3.8) is 0 Å². The average Bonchev–Trinajstić information content (AvgIpc) is 2.64. The molecule has 7 heteroatoms. The third-order valence-corrected chi connectivity index (χ3v) is 4.26. The van der Waals surface area contributed by atoms with Gasteiger partial charge >= 0.3 is 0 Å². The second kappa shape index (κ2) is 6.79. The predicted molar refractivity (Wildman–Crippen MR) is 99.1 cm³/mol. The smallest absolute Gasteiger partial charge is 0.261 e. The first-order valence-electron chi connectivity index (χ1n) is 8.01. The van der Waals surface area contributed by atoms with Crippen molar-refractivity contribution in [2.45, 2.75) is 13.5 Å². The standard InChI is InChI=1S/C19H18N4O3/c1-12-21-16-6-4-3-5-15(16)19(26)23(12)11-17(24)22(2)14-9-7-13(8-10-14)18(20)25/h3-10H,11H2,1-2H3,(H2,20,25). The topological polar surface area (TPSA) is 98.3 Å². The summed E-state index contributed by atoms with van der Waals surface area (Å²) in [4.78, 5) is 42.2. The second-order valence-corrected chi connectivity index (χ2v) is 5.93. The van der Waals surface area contributed by atoms with Crippen molar-refractivity contribution in [2.24, 2.45) is 5.73 Å². The molecule has 26 heavy (non-hydrogen) atoms. The Morgan fingerprint density at radius 3 is 2.42 bits per heavy atom. The molecule has 0 radical (unpaired) electrons. The Morgan fingerprint density at radius 2 is 1.77 bits per heavy atom. The lowest BCUT2D eigenvalue weighted by molar-refractivity contribution is -0.119. The van der Waals surface area contributed by atoms with Gasteiger partial charge in [-0.05, 0) is 43.3 Å². The molecule has 2 aromatic carbocycles. The summed E-state index contributed by atoms with van der Waals surface area (Å²) in [5, 5.41) is 0.472. The first kappa shape index (κ1) is 17.3. The number of aromatic nitrogens is 2. The van der Waals surface area contributed by atoms with Crippen LogP contribution in [0.4, 0.5) is 5.69 Å². The Balaban J connectivity index is 1.89. The van der Waals surface area contributed by atoms with Crippen LogP contribution in [0.3, 0.4) is 0 Å². The van der Waals surface area contributed by atoms with E-state index in [-0.39, 0.29) is 18.0 Å². The minimum Gasteiger partial charge on any atom is -0.366 e. The fraction of sp³-hybridized carbons (Fsp3) is 0.158. The number of nitrogens with zero attached hydrogens (tertiary/aromatic N) is 3. The Labute approximate surface area is 149 Å². The molecule has 7 nitrogen and oxygen atoms in total. The zero-order valence-electron chi connectivity index (χ0n) is 14.5. The van der Waals surface area contributed by atoms with Crippen LogP contribution < -0.4 is 16.2 Å². The number of amides is 2. The highest BCUT2D eigenvalue weighted by Gasteiger charge is 2.16. The highest BCUT2D eigenvalue weighted by Crippen LogP contribution is 2.15. The molecule has 3 aromatic rings. The van der Waals surface area contributed by atoms with E-state index in [9.17, 15) is 14.4 Å². The molecule has 0 aliphatic rings. The molecule has 1 aromatic heterocycles. The van der Waals surface area contributed by atoms with E-state index < -0.39 is 5.91 Å². The van der Waals surface area contributed by atoms with E-state index in [1.165, 1.54) is 9.47 Å². The van der Waals surface area contributed by atoms with Crippen LogP contribution >= 0.6 is 0 Å². The van der Waals surface area contributed by atoms with E-state index in [2.05, 4.69) is 4.98 Å². The van der Waals surface area contributed by atoms with Gasteiger partial charge < -0.3 is 10.6 Å². The van der Waals surface area contributed by atoms with E-state index in [1.807, 2.05) is 6.07 Å². The minimum atomic E-state index is -0.532. The molecule has 0 aliphatic heterocycles. The number of anilines is 1. The number of carbonyl (C=O) groups is 2. The normalized spacial score (nSPS) is 10.7. The summed E-state index contributed by atoms with van der Waals surface area (Å²) in [6.45, 7) is 1.57. The molecule has 0 bridgehead atoms. The zero-order chi connectivity index (χ0) is 18.8. The largest absolute Gasteiger partial charge is 0.366 e. The van der Waals surface area contributed by atoms with E-state index in [0.717, 1.165) is 0 Å². The average molecular weight is 350 g/mol. The van der Waals surface area contributed by atoms with Gasteiger partial charge in [0.25, 0.3) is 5.56 Å². The van der Waals surface area contributed by atoms with Crippen LogP contribution in [0.15, 0.2) is 53.3 Å². The van der Waals surface area contributed by atoms with E-state index in [0.29, 0.717) is 28.0 Å². The van der Waals surface area contributed by atoms with Gasteiger partial charge in [-0.1, -0.05) is 12.1 Å². The fourth-order valence-electron chi connectivity index (χ4n) is 2.70. The quantitative estimate of drug-likeness (QED) is 0.770. The number of nitrogens with two attached hydrogens (primary N) is 1. The summed E-state index contributed by atoms with van der Waals surface area (Å²) in [7, 11) is 1.61. The highest BCUT2D eigenvalue weighted by atomic mass is 16.2. The van der Waals surface area contributed by atoms with Gasteiger partial charge in [-0.15, -0.1) is 0 Å². The summed E-state index contributed by atoms with van der Waals surface area (Å²) >= 11 is 0. The number of aryl methyl sites for hydroxylation is 1. The number of rotatable bonds is 4. The summed E-state index contributed by atoms with van der Waals surface area (Å²) in [5.74, 6) is -0.339. The van der Waals surface area contributed by atoms with Crippen LogP contribution in [0.25, 0.3) is 10.9 Å². The van der Waals surface area contributed by atoms with Crippen LogP contribution in [0.2, 0.25) is 0 Å². The Morgan fingerprint density at radius 1 is 1.12 bits per heavy atom. The van der Waals surface area contributed by atoms with Crippen LogP contribution in [0.1, 0.15) is 16.2 Å². The molecule has 0 fully saturated rings. The fourth-order valence-corrected chi connectivity index (χ4v) is 2.70. The number of para-hydroxylation sites is 1. The van der Waals surface area contributed by atoms with Gasteiger partial charge in [0.15, 0.2) is 0 Å². The Hall–Kier alpha value is -3.48. The Bertz CT molecular complexity index is 1050. The summed E-state index contributed by atoms with van der Waals surface area (Å²) in [6.07, 6.45) is 0. The first-order valence-corrected chi connectivity index (χ1v) is 8.01. The molecule has 132 valence electrons. The number of benzene rings is 2. The number of hydrogen-bond acceptors (Lipinski definition) is 4. The van der Waals surface area contributed by atoms with Crippen molar-refractivity contribution >= 4 is 28.4 Å². The van der Waals surface area contributed by atoms with Gasteiger partial charge in [-0.3, -0.25) is 19.0 Å². The van der Waals surface area contributed by atoms with Crippen LogP contribution in [-0.2, 0) is 11.3 Å². The molecule has 0 saturated carbocycles. The molecule has 0 saturated heterocycles. The summed E-state index contributed by atoms with van der Waals surface area (Å²) in [6, 6.07) is 13.4. The molecule has 1 heterocycles. The van der Waals surface area contributed by atoms with Crippen LogP contribution in [-0.4, -0.2) is 28.4 Å². The van der Waals surface area contributed by atoms with Crippen LogP contribution in [0.5, 0.6) is 0 Å². The van der Waals surface area contributed by atoms with Crippen LogP contribution in [0, 0.1) is 6.92 Å². The van der Waals surface area contributed by atoms with E-state index >= 15 is 0 Å². The van der Waals surface area contributed by atoms with E-state index in [4.69, 9.17) is 5.73 Å². The summed E-state index contributed by atoms with van der Waals surface area (Å²) < 4.78 is 1.36. The van der Waals surface area contributed by atoms with Crippen molar-refractivity contribution in [2.75, 3.05) is 11.9 Å². The number of primary amides is 1. The third-order valence-electron chi connectivity index (χ3n) is 4.26. The minimum absolute atomic E-state index is 0.128. The van der Waals surface area contributed by atoms with Gasteiger partial charge in [0.1, 0.15) is 12.4 Å². The maximum absolute atomic E-state index is 12.7. The lowest BCUT2D eigenvalue weighted by atomic mass is 10.2. The second-order valence-electron chi connectivity index (χ2n) is 5.93.